The number of ether oxygens (including phenoxy) is 1. The number of nitrogens with zero attached hydrogens (tertiary/aromatic N) is 1. The van der Waals surface area contributed by atoms with Crippen molar-refractivity contribution >= 4 is 11.8 Å². The van der Waals surface area contributed by atoms with Crippen LogP contribution in [0.3, 0.4) is 0 Å². The van der Waals surface area contributed by atoms with Crippen molar-refractivity contribution < 1.29 is 14.3 Å². The first-order chi connectivity index (χ1) is 13.1. The molecule has 0 unspecified atom stereocenters. The Morgan fingerprint density at radius 1 is 1.00 bits per heavy atom. The average molecular weight is 361 g/mol. The van der Waals surface area contributed by atoms with Gasteiger partial charge in [-0.05, 0) is 35.9 Å². The molecule has 2 amide bonds. The number of benzene rings is 2. The van der Waals surface area contributed by atoms with Gasteiger partial charge in [0.25, 0.3) is 5.91 Å². The minimum atomic E-state index is -0.552. The average Bonchev–Trinajstić information content (AvgIpc) is 2.72. The zero-order chi connectivity index (χ0) is 19.1. The lowest BCUT2D eigenvalue weighted by Crippen LogP contribution is -2.33. The van der Waals surface area contributed by atoms with Gasteiger partial charge in [-0.2, -0.15) is 0 Å². The summed E-state index contributed by atoms with van der Waals surface area (Å²) in [5, 5.41) is 2.94. The molecule has 0 bridgehead atoms. The molecule has 6 nitrogen and oxygen atoms in total. The standard InChI is InChI=1S/C21H19N3O3/c22-21(26)16-9-6-10-17(13-16)27-14-19(25)24-20(15-7-2-1-3-8-15)18-11-4-5-12-23-18/h1-13,20H,14H2,(H2,22,26)(H,24,25)/t20-/m1/s1. The lowest BCUT2D eigenvalue weighted by Gasteiger charge is -2.19. The van der Waals surface area contributed by atoms with E-state index in [2.05, 4.69) is 10.3 Å². The van der Waals surface area contributed by atoms with E-state index < -0.39 is 5.91 Å². The van der Waals surface area contributed by atoms with Gasteiger partial charge in [0, 0.05) is 11.8 Å². The molecular weight excluding hydrogens is 342 g/mol. The maximum atomic E-state index is 12.4. The van der Waals surface area contributed by atoms with E-state index in [1.165, 1.54) is 6.07 Å². The molecule has 3 N–H and O–H groups in total. The van der Waals surface area contributed by atoms with E-state index in [0.29, 0.717) is 11.3 Å². The molecule has 1 aromatic heterocycles. The van der Waals surface area contributed by atoms with E-state index in [9.17, 15) is 9.59 Å². The highest BCUT2D eigenvalue weighted by Gasteiger charge is 2.18. The molecule has 3 rings (SSSR count). The largest absolute Gasteiger partial charge is 0.484 e. The third-order valence-electron chi connectivity index (χ3n) is 3.91. The van der Waals surface area contributed by atoms with Crippen LogP contribution in [0.1, 0.15) is 27.7 Å². The van der Waals surface area contributed by atoms with Crippen LogP contribution in [0.25, 0.3) is 0 Å². The predicted octanol–water partition coefficient (Wildman–Crippen LogP) is 2.47. The van der Waals surface area contributed by atoms with Gasteiger partial charge < -0.3 is 15.8 Å². The van der Waals surface area contributed by atoms with Crippen molar-refractivity contribution in [1.29, 1.82) is 0 Å². The maximum Gasteiger partial charge on any atom is 0.258 e. The Balaban J connectivity index is 1.70. The Morgan fingerprint density at radius 3 is 2.48 bits per heavy atom. The summed E-state index contributed by atoms with van der Waals surface area (Å²) in [5.41, 5.74) is 7.22. The molecule has 136 valence electrons. The molecule has 1 atom stereocenters. The predicted molar refractivity (Wildman–Crippen MR) is 101 cm³/mol. The van der Waals surface area contributed by atoms with Crippen molar-refractivity contribution in [3.63, 3.8) is 0 Å². The van der Waals surface area contributed by atoms with E-state index in [4.69, 9.17) is 10.5 Å². The number of amides is 2. The molecule has 0 aliphatic carbocycles. The second-order valence-electron chi connectivity index (χ2n) is 5.85. The van der Waals surface area contributed by atoms with Crippen molar-refractivity contribution in [2.45, 2.75) is 6.04 Å². The third-order valence-corrected chi connectivity index (χ3v) is 3.91. The number of hydrogen-bond acceptors (Lipinski definition) is 4. The summed E-state index contributed by atoms with van der Waals surface area (Å²) in [4.78, 5) is 28.0. The summed E-state index contributed by atoms with van der Waals surface area (Å²) >= 11 is 0. The summed E-state index contributed by atoms with van der Waals surface area (Å²) < 4.78 is 5.49. The molecule has 6 heteroatoms. The Kier molecular flexibility index (Phi) is 5.79. The zero-order valence-corrected chi connectivity index (χ0v) is 14.5. The van der Waals surface area contributed by atoms with Gasteiger partial charge in [0.2, 0.25) is 5.91 Å². The van der Waals surface area contributed by atoms with E-state index in [-0.39, 0.29) is 18.6 Å². The molecule has 1 heterocycles. The van der Waals surface area contributed by atoms with Gasteiger partial charge in [0.05, 0.1) is 11.7 Å². The molecular formula is C21H19N3O3. The summed E-state index contributed by atoms with van der Waals surface area (Å²) in [6, 6.07) is 21.1. The van der Waals surface area contributed by atoms with Crippen LogP contribution in [-0.4, -0.2) is 23.4 Å². The molecule has 27 heavy (non-hydrogen) atoms. The van der Waals surface area contributed by atoms with Crippen molar-refractivity contribution in [3.8, 4) is 5.75 Å². The first kappa shape index (κ1) is 18.1. The molecule has 0 saturated carbocycles. The fourth-order valence-corrected chi connectivity index (χ4v) is 2.61. The van der Waals surface area contributed by atoms with Crippen molar-refractivity contribution in [2.24, 2.45) is 5.73 Å². The molecule has 0 radical (unpaired) electrons. The number of carbonyl (C=O) groups excluding carboxylic acids is 2. The van der Waals surface area contributed by atoms with Crippen LogP contribution in [0.5, 0.6) is 5.75 Å². The Morgan fingerprint density at radius 2 is 1.78 bits per heavy atom. The lowest BCUT2D eigenvalue weighted by molar-refractivity contribution is -0.123. The normalized spacial score (nSPS) is 11.4. The van der Waals surface area contributed by atoms with Gasteiger partial charge >= 0.3 is 0 Å². The summed E-state index contributed by atoms with van der Waals surface area (Å²) in [6.45, 7) is -0.196. The van der Waals surface area contributed by atoms with Crippen LogP contribution in [0.2, 0.25) is 0 Å². The Bertz CT molecular complexity index is 875. The molecule has 0 aliphatic heterocycles. The lowest BCUT2D eigenvalue weighted by atomic mass is 10.0. The van der Waals surface area contributed by atoms with Crippen LogP contribution in [0.15, 0.2) is 79.0 Å². The molecule has 2 aromatic carbocycles. The number of nitrogens with two attached hydrogens (primary N) is 1. The van der Waals surface area contributed by atoms with Crippen LogP contribution in [0.4, 0.5) is 0 Å². The number of hydrogen-bond donors (Lipinski definition) is 2. The van der Waals surface area contributed by atoms with Crippen molar-refractivity contribution in [1.82, 2.24) is 10.3 Å². The minimum Gasteiger partial charge on any atom is -0.484 e. The summed E-state index contributed by atoms with van der Waals surface area (Å²) in [7, 11) is 0. The van der Waals surface area contributed by atoms with Gasteiger partial charge in [-0.3, -0.25) is 14.6 Å². The van der Waals surface area contributed by atoms with Gasteiger partial charge in [-0.15, -0.1) is 0 Å². The van der Waals surface area contributed by atoms with Gasteiger partial charge in [-0.25, -0.2) is 0 Å². The number of pyridine rings is 1. The number of rotatable bonds is 7. The first-order valence-corrected chi connectivity index (χ1v) is 8.41. The maximum absolute atomic E-state index is 12.4. The van der Waals surface area contributed by atoms with Gasteiger partial charge in [0.15, 0.2) is 6.61 Å². The molecule has 3 aromatic rings. The Labute approximate surface area is 157 Å². The van der Waals surface area contributed by atoms with Crippen molar-refractivity contribution in [3.05, 3.63) is 95.8 Å². The number of carbonyl (C=O) groups is 2. The van der Waals surface area contributed by atoms with Crippen LogP contribution >= 0.6 is 0 Å². The topological polar surface area (TPSA) is 94.3 Å². The smallest absolute Gasteiger partial charge is 0.258 e. The molecule has 0 saturated heterocycles. The second-order valence-corrected chi connectivity index (χ2v) is 5.85. The summed E-state index contributed by atoms with van der Waals surface area (Å²) in [6.07, 6.45) is 1.68. The number of primary amides is 1. The highest BCUT2D eigenvalue weighted by Crippen LogP contribution is 2.20. The van der Waals surface area contributed by atoms with Crippen molar-refractivity contribution in [2.75, 3.05) is 6.61 Å². The minimum absolute atomic E-state index is 0.196. The molecule has 0 fully saturated rings. The highest BCUT2D eigenvalue weighted by atomic mass is 16.5. The number of nitrogens with one attached hydrogen (secondary N) is 1. The van der Waals surface area contributed by atoms with Gasteiger partial charge in [-0.1, -0.05) is 42.5 Å². The van der Waals surface area contributed by atoms with E-state index in [1.807, 2.05) is 48.5 Å². The van der Waals surface area contributed by atoms with E-state index in [0.717, 1.165) is 11.3 Å². The SMILES string of the molecule is NC(=O)c1cccc(OCC(=O)N[C@H](c2ccccc2)c2ccccn2)c1. The molecule has 0 spiro atoms. The van der Waals surface area contributed by atoms with E-state index >= 15 is 0 Å². The van der Waals surface area contributed by atoms with Crippen LogP contribution in [-0.2, 0) is 4.79 Å². The third kappa shape index (κ3) is 4.92. The quantitative estimate of drug-likeness (QED) is 0.676. The first-order valence-electron chi connectivity index (χ1n) is 8.41. The van der Waals surface area contributed by atoms with E-state index in [1.54, 1.807) is 24.4 Å². The Hall–Kier alpha value is -3.67. The zero-order valence-electron chi connectivity index (χ0n) is 14.5. The fraction of sp³-hybridized carbons (Fsp3) is 0.0952. The summed E-state index contributed by atoms with van der Waals surface area (Å²) in [5.74, 6) is -0.460. The van der Waals surface area contributed by atoms with Gasteiger partial charge in [0.1, 0.15) is 5.75 Å². The second kappa shape index (κ2) is 8.62. The van der Waals surface area contributed by atoms with Crippen LogP contribution < -0.4 is 15.8 Å². The number of aromatic nitrogens is 1. The molecule has 0 aliphatic rings. The monoisotopic (exact) mass is 361 g/mol. The fourth-order valence-electron chi connectivity index (χ4n) is 2.61. The van der Waals surface area contributed by atoms with Crippen LogP contribution in [0, 0.1) is 0 Å². The highest BCUT2D eigenvalue weighted by molar-refractivity contribution is 5.93.